The van der Waals surface area contributed by atoms with Gasteiger partial charge in [-0.15, -0.1) is 5.10 Å². The van der Waals surface area contributed by atoms with Gasteiger partial charge in [0.1, 0.15) is 29.7 Å². The van der Waals surface area contributed by atoms with Crippen molar-refractivity contribution in [2.45, 2.75) is 105 Å². The number of Topliss-reactive ketones (excluding diaryl/α,β-unsaturated/α-hetero) is 1. The molecule has 0 aliphatic carbocycles. The summed E-state index contributed by atoms with van der Waals surface area (Å²) in [4.78, 5) is 42.4. The van der Waals surface area contributed by atoms with Gasteiger partial charge in [-0.1, -0.05) is 45.9 Å². The fraction of sp³-hybridized carbons (Fsp3) is 0.523. The highest BCUT2D eigenvalue weighted by Crippen LogP contribution is 2.55. The summed E-state index contributed by atoms with van der Waals surface area (Å²) in [6.07, 6.45) is 9.29. The van der Waals surface area contributed by atoms with Crippen LogP contribution in [0.3, 0.4) is 0 Å². The molecule has 326 valence electrons. The topological polar surface area (TPSA) is 229 Å². The summed E-state index contributed by atoms with van der Waals surface area (Å²) >= 11 is 0. The molecule has 16 heteroatoms. The number of aromatic hydroxyl groups is 3. The number of hydrogen-bond donors (Lipinski definition) is 6. The fourth-order valence-electron chi connectivity index (χ4n) is 8.10. The highest BCUT2D eigenvalue weighted by molar-refractivity contribution is 6.23. The van der Waals surface area contributed by atoms with E-state index in [0.29, 0.717) is 0 Å². The van der Waals surface area contributed by atoms with Crippen molar-refractivity contribution in [3.8, 4) is 23.0 Å². The van der Waals surface area contributed by atoms with Crippen molar-refractivity contribution in [3.63, 3.8) is 0 Å². The van der Waals surface area contributed by atoms with E-state index in [1.54, 1.807) is 46.2 Å². The summed E-state index contributed by atoms with van der Waals surface area (Å²) in [5.41, 5.74) is -0.544. The van der Waals surface area contributed by atoms with E-state index in [2.05, 4.69) is 15.5 Å². The number of nitrogens with one attached hydrogen (secondary N) is 1. The molecule has 0 radical (unpaired) electrons. The number of phenols is 3. The maximum atomic E-state index is 14.4. The van der Waals surface area contributed by atoms with Crippen molar-refractivity contribution in [2.75, 3.05) is 25.5 Å². The number of rotatable bonds is 5. The second-order valence-electron chi connectivity index (χ2n) is 16.2. The molecule has 6 rings (SSSR count). The summed E-state index contributed by atoms with van der Waals surface area (Å²) in [5.74, 6) is -8.56. The van der Waals surface area contributed by atoms with Gasteiger partial charge in [-0.3, -0.25) is 14.4 Å². The number of carbonyl (C=O) groups is 3. The van der Waals surface area contributed by atoms with E-state index in [9.17, 15) is 39.9 Å². The first kappa shape index (κ1) is 45.6. The normalized spacial score (nSPS) is 31.5. The molecular weight excluding hydrogens is 776 g/mol. The number of esters is 1. The van der Waals surface area contributed by atoms with Gasteiger partial charge >= 0.3 is 11.8 Å². The first-order valence-corrected chi connectivity index (χ1v) is 20.2. The lowest BCUT2D eigenvalue weighted by Crippen LogP contribution is -2.46. The third-order valence-electron chi connectivity index (χ3n) is 11.9. The Morgan fingerprint density at radius 2 is 1.62 bits per heavy atom. The Bertz CT molecular complexity index is 2120. The zero-order valence-electron chi connectivity index (χ0n) is 35.6. The molecule has 0 aromatic heterocycles. The fourth-order valence-corrected chi connectivity index (χ4v) is 8.10. The maximum Gasteiger partial charge on any atom is 0.312 e. The van der Waals surface area contributed by atoms with E-state index < -0.39 is 88.8 Å². The lowest BCUT2D eigenvalue weighted by Gasteiger charge is -2.38. The van der Waals surface area contributed by atoms with Gasteiger partial charge in [0.2, 0.25) is 0 Å². The molecule has 4 aliphatic rings. The number of likely N-dealkylation sites (tertiary alicyclic amines) is 1. The van der Waals surface area contributed by atoms with E-state index in [-0.39, 0.29) is 44.5 Å². The first-order chi connectivity index (χ1) is 28.3. The number of methoxy groups -OCH3 is 1. The molecule has 60 heavy (non-hydrogen) atoms. The Kier molecular flexibility index (Phi) is 14.3. The summed E-state index contributed by atoms with van der Waals surface area (Å²) in [7, 11) is 1.43. The van der Waals surface area contributed by atoms with Crippen LogP contribution in [0.4, 0.5) is 5.69 Å². The molecule has 0 spiro atoms. The van der Waals surface area contributed by atoms with Crippen LogP contribution in [-0.4, -0.2) is 111 Å². The molecule has 4 aliphatic heterocycles. The number of hydrogen-bond acceptors (Lipinski definition) is 14. The Labute approximate surface area is 349 Å². The number of benzene rings is 2. The number of anilines is 1. The van der Waals surface area contributed by atoms with E-state index in [4.69, 9.17) is 18.9 Å². The summed E-state index contributed by atoms with van der Waals surface area (Å²) in [5, 5.41) is 68.6. The van der Waals surface area contributed by atoms with E-state index in [1.165, 1.54) is 53.2 Å². The molecule has 4 heterocycles. The van der Waals surface area contributed by atoms with Gasteiger partial charge in [-0.25, -0.2) is 0 Å². The van der Waals surface area contributed by atoms with Crippen molar-refractivity contribution < 1.29 is 58.9 Å². The number of phenolic OH excluding ortho intramolecular Hbond substituents is 3. The number of allylic oxidation sites excluding steroid dienone is 2. The lowest BCUT2D eigenvalue weighted by molar-refractivity contribution is -0.160. The van der Waals surface area contributed by atoms with Crippen LogP contribution in [-0.2, 0) is 23.8 Å². The van der Waals surface area contributed by atoms with E-state index >= 15 is 0 Å². The van der Waals surface area contributed by atoms with Gasteiger partial charge in [0.25, 0.3) is 11.7 Å². The Morgan fingerprint density at radius 3 is 2.27 bits per heavy atom. The molecule has 6 N–H and O–H groups in total. The molecule has 2 aromatic carbocycles. The summed E-state index contributed by atoms with van der Waals surface area (Å²) in [6.45, 7) is 14.1. The minimum Gasteiger partial charge on any atom is -0.507 e. The highest BCUT2D eigenvalue weighted by Gasteiger charge is 2.50. The van der Waals surface area contributed by atoms with Crippen molar-refractivity contribution in [1.29, 1.82) is 0 Å². The molecule has 1 fully saturated rings. The third kappa shape index (κ3) is 9.15. The molecule has 16 nitrogen and oxygen atoms in total. The van der Waals surface area contributed by atoms with Crippen LogP contribution in [0.25, 0.3) is 10.8 Å². The van der Waals surface area contributed by atoms with Gasteiger partial charge in [-0.2, -0.15) is 5.10 Å². The van der Waals surface area contributed by atoms with Gasteiger partial charge in [0.05, 0.1) is 53.0 Å². The summed E-state index contributed by atoms with van der Waals surface area (Å²) in [6, 6.07) is 0. The van der Waals surface area contributed by atoms with Crippen molar-refractivity contribution >= 4 is 46.7 Å². The average Bonchev–Trinajstić information content (AvgIpc) is 3.48. The minimum absolute atomic E-state index is 0.0408. The van der Waals surface area contributed by atoms with Gasteiger partial charge in [0.15, 0.2) is 5.75 Å². The van der Waals surface area contributed by atoms with Crippen LogP contribution in [0.2, 0.25) is 0 Å². The lowest BCUT2D eigenvalue weighted by atomic mass is 9.78. The number of ketones is 1. The number of aliphatic hydroxyl groups excluding tert-OH is 2. The molecule has 9 atom stereocenters. The number of ether oxygens (including phenoxy) is 4. The van der Waals surface area contributed by atoms with Crippen LogP contribution in [0, 0.1) is 30.6 Å². The number of carbonyl (C=O) groups excluding carboxylic acids is 3. The van der Waals surface area contributed by atoms with Gasteiger partial charge < -0.3 is 54.7 Å². The van der Waals surface area contributed by atoms with Crippen LogP contribution in [0.1, 0.15) is 89.2 Å². The second kappa shape index (κ2) is 18.9. The molecule has 5 bridgehead atoms. The minimum atomic E-state index is -2.06. The van der Waals surface area contributed by atoms with Gasteiger partial charge in [0, 0.05) is 74.2 Å². The van der Waals surface area contributed by atoms with E-state index in [0.717, 1.165) is 38.6 Å². The first-order valence-electron chi connectivity index (χ1n) is 20.2. The third-order valence-corrected chi connectivity index (χ3v) is 11.9. The molecular formula is C44H58N4O12. The maximum absolute atomic E-state index is 14.4. The number of piperidine rings is 1. The Balaban J connectivity index is 1.69. The SMILES string of the molecule is CO[C@@H]1/C=C/O[C@@]2(C)Oc3c(C)c(O)c4c(O)c(c(/C=N\N=C/N5CCCCC5)c(O)c4c3C2=O)NC(=O)/C(C)=C\C=C\[C@H](C)[C@H](O)[C@H](C)[C@H](O)[C@H](C)[C@@H](OC(C)=O)[C@H]1C. The summed E-state index contributed by atoms with van der Waals surface area (Å²) < 4.78 is 23.6. The van der Waals surface area contributed by atoms with Crippen LogP contribution >= 0.6 is 0 Å². The molecule has 2 aromatic rings. The van der Waals surface area contributed by atoms with Crippen molar-refractivity contribution in [3.05, 3.63) is 52.8 Å². The van der Waals surface area contributed by atoms with Gasteiger partial charge in [-0.05, 0) is 39.2 Å². The number of aliphatic hydroxyl groups is 2. The largest absolute Gasteiger partial charge is 0.507 e. The smallest absolute Gasteiger partial charge is 0.312 e. The standard InChI is InChI=1S/C44H58N4O12/c1-22-14-13-15-23(2)43(56)47-34-29(20-45-46-21-48-17-11-10-12-18-48)38(53)31-32(39(34)54)37(52)27(6)41-33(31)42(55)44(8,60-41)58-19-16-30(57-9)24(3)40(59-28(7)49)26(5)36(51)25(4)35(22)50/h13-16,19-22,24-26,30,35-36,40,50-54H,10-12,17-18H2,1-9H3,(H,47,56)/b14-13+,19-16+,23-15-,45-20-,46-21-/t22-,24-,25-,26-,30+,35-,36-,40-,44-/m0/s1. The molecule has 1 saturated heterocycles. The molecule has 0 saturated carbocycles. The Morgan fingerprint density at radius 1 is 0.933 bits per heavy atom. The number of fused-ring (bicyclic) bond motifs is 14. The van der Waals surface area contributed by atoms with Crippen LogP contribution < -0.4 is 10.1 Å². The second-order valence-corrected chi connectivity index (χ2v) is 16.2. The quantitative estimate of drug-likeness (QED) is 0.0539. The highest BCUT2D eigenvalue weighted by atomic mass is 16.7. The molecule has 0 unspecified atom stereocenters. The van der Waals surface area contributed by atoms with Crippen LogP contribution in [0.15, 0.2) is 46.3 Å². The number of nitrogens with zero attached hydrogens (tertiary/aromatic N) is 3. The monoisotopic (exact) mass is 834 g/mol. The van der Waals surface area contributed by atoms with Crippen molar-refractivity contribution in [1.82, 2.24) is 4.90 Å². The predicted molar refractivity (Wildman–Crippen MR) is 225 cm³/mol. The molecule has 1 amide bonds. The van der Waals surface area contributed by atoms with Crippen molar-refractivity contribution in [2.24, 2.45) is 33.9 Å². The zero-order valence-corrected chi connectivity index (χ0v) is 35.6. The predicted octanol–water partition coefficient (Wildman–Crippen LogP) is 5.60. The average molecular weight is 835 g/mol. The zero-order chi connectivity index (χ0) is 44.2. The van der Waals surface area contributed by atoms with E-state index in [1.807, 2.05) is 4.90 Å². The number of amides is 1. The Hall–Kier alpha value is -5.45. The van der Waals surface area contributed by atoms with Crippen LogP contribution in [0.5, 0.6) is 23.0 Å².